The number of anilines is 1. The van der Waals surface area contributed by atoms with E-state index in [1.165, 1.54) is 0 Å². The summed E-state index contributed by atoms with van der Waals surface area (Å²) in [5.41, 5.74) is 0.772. The van der Waals surface area contributed by atoms with Crippen LogP contribution in [0.1, 0.15) is 6.42 Å². The largest absolute Gasteiger partial charge is 0.352 e. The number of halogens is 1. The highest BCUT2D eigenvalue weighted by atomic mass is 35.5. The van der Waals surface area contributed by atoms with Crippen LogP contribution in [0, 0.1) is 5.92 Å². The van der Waals surface area contributed by atoms with Crippen molar-refractivity contribution in [2.75, 3.05) is 18.0 Å². The average molecular weight is 279 g/mol. The van der Waals surface area contributed by atoms with Crippen molar-refractivity contribution in [2.24, 2.45) is 5.92 Å². The molecule has 100 valence electrons. The Balaban J connectivity index is 2.05. The van der Waals surface area contributed by atoms with Crippen molar-refractivity contribution in [3.63, 3.8) is 0 Å². The second kappa shape index (κ2) is 5.89. The van der Waals surface area contributed by atoms with Crippen molar-refractivity contribution in [3.05, 3.63) is 41.9 Å². The number of rotatable bonds is 4. The zero-order valence-electron chi connectivity index (χ0n) is 10.4. The van der Waals surface area contributed by atoms with Crippen molar-refractivity contribution in [1.82, 2.24) is 5.32 Å². The number of carbonyl (C=O) groups excluding carboxylic acids is 2. The molecule has 1 atom stereocenters. The Kier molecular flexibility index (Phi) is 4.22. The number of nitrogens with zero attached hydrogens (tertiary/aromatic N) is 1. The fourth-order valence-electron chi connectivity index (χ4n) is 2.07. The maximum atomic E-state index is 11.9. The average Bonchev–Trinajstić information content (AvgIpc) is 2.79. The second-order valence-corrected chi connectivity index (χ2v) is 4.85. The highest BCUT2D eigenvalue weighted by Crippen LogP contribution is 2.26. The molecule has 19 heavy (non-hydrogen) atoms. The molecular formula is C14H15ClN2O2. The molecule has 1 unspecified atom stereocenters. The Labute approximate surface area is 117 Å². The van der Waals surface area contributed by atoms with Crippen molar-refractivity contribution in [3.8, 4) is 0 Å². The Morgan fingerprint density at radius 1 is 1.47 bits per heavy atom. The predicted molar refractivity (Wildman–Crippen MR) is 75.1 cm³/mol. The predicted octanol–water partition coefficient (Wildman–Crippen LogP) is 2.00. The van der Waals surface area contributed by atoms with Crippen LogP contribution in [0.3, 0.4) is 0 Å². The van der Waals surface area contributed by atoms with Crippen molar-refractivity contribution >= 4 is 29.1 Å². The van der Waals surface area contributed by atoms with E-state index in [-0.39, 0.29) is 24.2 Å². The summed E-state index contributed by atoms with van der Waals surface area (Å²) in [6.07, 6.45) is 1.86. The van der Waals surface area contributed by atoms with Gasteiger partial charge in [-0.3, -0.25) is 9.59 Å². The molecule has 2 rings (SSSR count). The highest BCUT2D eigenvalue weighted by Gasteiger charge is 2.34. The lowest BCUT2D eigenvalue weighted by atomic mass is 10.1. The SMILES string of the molecule is C=CCNC(=O)C1CC(=O)N(c2ccc(Cl)cc2)C1. The quantitative estimate of drug-likeness (QED) is 0.857. The van der Waals surface area contributed by atoms with E-state index in [4.69, 9.17) is 11.6 Å². The molecule has 2 amide bonds. The molecule has 1 aliphatic rings. The number of hydrogen-bond donors (Lipinski definition) is 1. The monoisotopic (exact) mass is 278 g/mol. The molecule has 0 aromatic heterocycles. The summed E-state index contributed by atoms with van der Waals surface area (Å²) in [6.45, 7) is 4.37. The van der Waals surface area contributed by atoms with Gasteiger partial charge in [0.15, 0.2) is 0 Å². The van der Waals surface area contributed by atoms with E-state index in [2.05, 4.69) is 11.9 Å². The molecule has 0 spiro atoms. The molecular weight excluding hydrogens is 264 g/mol. The number of nitrogens with one attached hydrogen (secondary N) is 1. The van der Waals surface area contributed by atoms with Crippen LogP contribution in [0.5, 0.6) is 0 Å². The summed E-state index contributed by atoms with van der Waals surface area (Å²) in [6, 6.07) is 7.03. The van der Waals surface area contributed by atoms with Gasteiger partial charge in [0.05, 0.1) is 5.92 Å². The Bertz CT molecular complexity index is 499. The number of benzene rings is 1. The molecule has 1 aromatic rings. The highest BCUT2D eigenvalue weighted by molar-refractivity contribution is 6.30. The van der Waals surface area contributed by atoms with E-state index < -0.39 is 0 Å². The zero-order valence-corrected chi connectivity index (χ0v) is 11.2. The fraction of sp³-hybridized carbons (Fsp3) is 0.286. The summed E-state index contributed by atoms with van der Waals surface area (Å²) in [7, 11) is 0. The maximum Gasteiger partial charge on any atom is 0.227 e. The minimum absolute atomic E-state index is 0.0407. The smallest absolute Gasteiger partial charge is 0.227 e. The molecule has 5 heteroatoms. The summed E-state index contributed by atoms with van der Waals surface area (Å²) >= 11 is 5.81. The molecule has 4 nitrogen and oxygen atoms in total. The first-order valence-electron chi connectivity index (χ1n) is 6.06. The van der Waals surface area contributed by atoms with Crippen LogP contribution in [0.25, 0.3) is 0 Å². The molecule has 1 aromatic carbocycles. The lowest BCUT2D eigenvalue weighted by molar-refractivity contribution is -0.126. The standard InChI is InChI=1S/C14H15ClN2O2/c1-2-7-16-14(19)10-8-13(18)17(9-10)12-5-3-11(15)4-6-12/h2-6,10H,1,7-9H2,(H,16,19). The van der Waals surface area contributed by atoms with Gasteiger partial charge in [-0.1, -0.05) is 17.7 Å². The first kappa shape index (κ1) is 13.6. The molecule has 1 fully saturated rings. The maximum absolute atomic E-state index is 11.9. The van der Waals surface area contributed by atoms with Gasteiger partial charge in [-0.05, 0) is 24.3 Å². The molecule has 1 N–H and O–H groups in total. The van der Waals surface area contributed by atoms with Crippen LogP contribution in [0.2, 0.25) is 5.02 Å². The minimum atomic E-state index is -0.303. The number of amides is 2. The molecule has 0 aliphatic carbocycles. The van der Waals surface area contributed by atoms with E-state index in [0.717, 1.165) is 5.69 Å². The first-order chi connectivity index (χ1) is 9.11. The molecule has 0 saturated carbocycles. The van der Waals surface area contributed by atoms with Crippen LogP contribution < -0.4 is 10.2 Å². The topological polar surface area (TPSA) is 49.4 Å². The minimum Gasteiger partial charge on any atom is -0.352 e. The Hall–Kier alpha value is -1.81. The molecule has 1 heterocycles. The van der Waals surface area contributed by atoms with Crippen molar-refractivity contribution in [1.29, 1.82) is 0 Å². The Morgan fingerprint density at radius 3 is 2.79 bits per heavy atom. The molecule has 0 radical (unpaired) electrons. The second-order valence-electron chi connectivity index (χ2n) is 4.42. The molecule has 0 bridgehead atoms. The normalized spacial score (nSPS) is 18.5. The summed E-state index contributed by atoms with van der Waals surface area (Å²) in [5.74, 6) is -0.450. The third kappa shape index (κ3) is 3.15. The van der Waals surface area contributed by atoms with Crippen LogP contribution in [0.4, 0.5) is 5.69 Å². The van der Waals surface area contributed by atoms with Gasteiger partial charge in [-0.25, -0.2) is 0 Å². The summed E-state index contributed by atoms with van der Waals surface area (Å²) < 4.78 is 0. The Morgan fingerprint density at radius 2 is 2.16 bits per heavy atom. The van der Waals surface area contributed by atoms with Gasteiger partial charge >= 0.3 is 0 Å². The number of hydrogen-bond acceptors (Lipinski definition) is 2. The zero-order chi connectivity index (χ0) is 13.8. The van der Waals surface area contributed by atoms with E-state index in [1.54, 1.807) is 35.2 Å². The lowest BCUT2D eigenvalue weighted by Gasteiger charge is -2.16. The van der Waals surface area contributed by atoms with Crippen LogP contribution in [-0.2, 0) is 9.59 Å². The van der Waals surface area contributed by atoms with Gasteiger partial charge in [0, 0.05) is 30.2 Å². The van der Waals surface area contributed by atoms with Gasteiger partial charge in [0.2, 0.25) is 11.8 Å². The first-order valence-corrected chi connectivity index (χ1v) is 6.44. The van der Waals surface area contributed by atoms with Crippen LogP contribution in [0.15, 0.2) is 36.9 Å². The fourth-order valence-corrected chi connectivity index (χ4v) is 2.20. The van der Waals surface area contributed by atoms with E-state index in [1.807, 2.05) is 0 Å². The molecule has 1 aliphatic heterocycles. The van der Waals surface area contributed by atoms with Crippen molar-refractivity contribution < 1.29 is 9.59 Å². The van der Waals surface area contributed by atoms with Gasteiger partial charge in [0.1, 0.15) is 0 Å². The van der Waals surface area contributed by atoms with Gasteiger partial charge in [-0.2, -0.15) is 0 Å². The van der Waals surface area contributed by atoms with Gasteiger partial charge in [-0.15, -0.1) is 6.58 Å². The van der Waals surface area contributed by atoms with Crippen LogP contribution >= 0.6 is 11.6 Å². The molecule has 1 saturated heterocycles. The van der Waals surface area contributed by atoms with E-state index in [0.29, 0.717) is 18.1 Å². The third-order valence-electron chi connectivity index (χ3n) is 3.05. The van der Waals surface area contributed by atoms with Crippen molar-refractivity contribution in [2.45, 2.75) is 6.42 Å². The summed E-state index contributed by atoms with van der Waals surface area (Å²) in [5, 5.41) is 3.34. The summed E-state index contributed by atoms with van der Waals surface area (Å²) in [4.78, 5) is 25.4. The van der Waals surface area contributed by atoms with Gasteiger partial charge in [0.25, 0.3) is 0 Å². The third-order valence-corrected chi connectivity index (χ3v) is 3.31. The van der Waals surface area contributed by atoms with E-state index in [9.17, 15) is 9.59 Å². The lowest BCUT2D eigenvalue weighted by Crippen LogP contribution is -2.32. The van der Waals surface area contributed by atoms with Crippen LogP contribution in [-0.4, -0.2) is 24.9 Å². The number of carbonyl (C=O) groups is 2. The van der Waals surface area contributed by atoms with Gasteiger partial charge < -0.3 is 10.2 Å². The van der Waals surface area contributed by atoms with E-state index >= 15 is 0 Å².